The van der Waals surface area contributed by atoms with Gasteiger partial charge in [0.25, 0.3) is 0 Å². The van der Waals surface area contributed by atoms with Crippen LogP contribution >= 0.6 is 0 Å². The molecule has 134 valence electrons. The van der Waals surface area contributed by atoms with Gasteiger partial charge in [0, 0.05) is 0 Å². The van der Waals surface area contributed by atoms with E-state index in [0.29, 0.717) is 25.6 Å². The van der Waals surface area contributed by atoms with E-state index in [0.717, 1.165) is 30.0 Å². The molecule has 1 N–H and O–H groups in total. The van der Waals surface area contributed by atoms with Crippen LogP contribution in [0.25, 0.3) is 0 Å². The first-order valence-electron chi connectivity index (χ1n) is 9.01. The fraction of sp³-hybridized carbons (Fsp3) is 0.556. The van der Waals surface area contributed by atoms with E-state index < -0.39 is 0 Å². The third-order valence-electron chi connectivity index (χ3n) is 4.52. The highest BCUT2D eigenvalue weighted by molar-refractivity contribution is 5.78. The van der Waals surface area contributed by atoms with Crippen molar-refractivity contribution in [3.8, 4) is 5.75 Å². The quantitative estimate of drug-likeness (QED) is 0.835. The summed E-state index contributed by atoms with van der Waals surface area (Å²) in [6.45, 7) is 2.94. The van der Waals surface area contributed by atoms with Crippen LogP contribution in [0.15, 0.2) is 24.3 Å². The van der Waals surface area contributed by atoms with Crippen LogP contribution in [-0.4, -0.2) is 32.7 Å². The van der Waals surface area contributed by atoms with E-state index in [1.807, 2.05) is 35.9 Å². The van der Waals surface area contributed by atoms with Crippen molar-refractivity contribution in [1.82, 2.24) is 25.5 Å². The van der Waals surface area contributed by atoms with Crippen molar-refractivity contribution in [2.45, 2.75) is 58.0 Å². The molecule has 2 aromatic rings. The van der Waals surface area contributed by atoms with Crippen molar-refractivity contribution in [3.63, 3.8) is 0 Å². The molecule has 1 aliphatic rings. The summed E-state index contributed by atoms with van der Waals surface area (Å²) in [6.07, 6.45) is 6.27. The first kappa shape index (κ1) is 17.4. The molecule has 1 heterocycles. The van der Waals surface area contributed by atoms with Gasteiger partial charge in [-0.1, -0.05) is 31.4 Å². The van der Waals surface area contributed by atoms with Crippen LogP contribution in [0.3, 0.4) is 0 Å². The van der Waals surface area contributed by atoms with E-state index in [1.54, 1.807) is 0 Å². The lowest BCUT2D eigenvalue weighted by Crippen LogP contribution is -2.27. The van der Waals surface area contributed by atoms with Crippen LogP contribution in [0.2, 0.25) is 0 Å². The van der Waals surface area contributed by atoms with Gasteiger partial charge >= 0.3 is 0 Å². The third kappa shape index (κ3) is 4.78. The number of tetrazole rings is 1. The highest BCUT2D eigenvalue weighted by atomic mass is 16.5. The summed E-state index contributed by atoms with van der Waals surface area (Å²) < 4.78 is 7.29. The molecule has 1 aromatic carbocycles. The van der Waals surface area contributed by atoms with Gasteiger partial charge in [-0.2, -0.15) is 0 Å². The van der Waals surface area contributed by atoms with E-state index in [2.05, 4.69) is 20.8 Å². The minimum absolute atomic E-state index is 0.0395. The van der Waals surface area contributed by atoms with Gasteiger partial charge in [-0.15, -0.1) is 5.10 Å². The highest BCUT2D eigenvalue weighted by Crippen LogP contribution is 2.27. The summed E-state index contributed by atoms with van der Waals surface area (Å²) in [7, 11) is 0. The van der Waals surface area contributed by atoms with Crippen molar-refractivity contribution in [2.75, 3.05) is 6.61 Å². The first-order valence-corrected chi connectivity index (χ1v) is 9.01. The monoisotopic (exact) mass is 343 g/mol. The molecular formula is C18H25N5O2. The van der Waals surface area contributed by atoms with E-state index in [9.17, 15) is 4.79 Å². The summed E-state index contributed by atoms with van der Waals surface area (Å²) in [5.74, 6) is 1.51. The Bertz CT molecular complexity index is 677. The Morgan fingerprint density at radius 3 is 2.72 bits per heavy atom. The Balaban J connectivity index is 1.51. The molecule has 0 radical (unpaired) electrons. The van der Waals surface area contributed by atoms with Crippen LogP contribution in [0.1, 0.15) is 56.5 Å². The Labute approximate surface area is 147 Å². The van der Waals surface area contributed by atoms with Gasteiger partial charge in [0.15, 0.2) is 5.82 Å². The van der Waals surface area contributed by atoms with E-state index in [-0.39, 0.29) is 5.91 Å². The predicted octanol–water partition coefficient (Wildman–Crippen LogP) is 2.44. The summed E-state index contributed by atoms with van der Waals surface area (Å²) in [5, 5.41) is 14.9. The Hall–Kier alpha value is -2.44. The zero-order valence-electron chi connectivity index (χ0n) is 14.6. The number of hydrogen-bond donors (Lipinski definition) is 1. The Kier molecular flexibility index (Phi) is 5.98. The number of hydrogen-bond acceptors (Lipinski definition) is 5. The molecule has 1 amide bonds. The maximum Gasteiger partial charge on any atom is 0.224 e. The zero-order chi connectivity index (χ0) is 17.5. The molecule has 0 bridgehead atoms. The Morgan fingerprint density at radius 1 is 1.24 bits per heavy atom. The average molecular weight is 343 g/mol. The van der Waals surface area contributed by atoms with Gasteiger partial charge in [0.05, 0.1) is 25.6 Å². The van der Waals surface area contributed by atoms with Crippen LogP contribution in [0.4, 0.5) is 0 Å². The second kappa shape index (κ2) is 8.60. The van der Waals surface area contributed by atoms with Crippen molar-refractivity contribution >= 4 is 5.91 Å². The largest absolute Gasteiger partial charge is 0.494 e. The number of benzene rings is 1. The lowest BCUT2D eigenvalue weighted by Gasteiger charge is -2.22. The Morgan fingerprint density at radius 2 is 2.00 bits per heavy atom. The predicted molar refractivity (Wildman–Crippen MR) is 93.1 cm³/mol. The standard InChI is InChI=1S/C18H25N5O2/c1-2-25-16-10-8-14(9-11-16)12-18(24)19-13-17-20-21-22-23(17)15-6-4-3-5-7-15/h8-11,15H,2-7,12-13H2,1H3,(H,19,24). The number of carbonyl (C=O) groups is 1. The molecule has 1 aromatic heterocycles. The van der Waals surface area contributed by atoms with Gasteiger partial charge in [-0.3, -0.25) is 4.79 Å². The van der Waals surface area contributed by atoms with E-state index in [1.165, 1.54) is 19.3 Å². The smallest absolute Gasteiger partial charge is 0.224 e. The zero-order valence-corrected chi connectivity index (χ0v) is 14.6. The van der Waals surface area contributed by atoms with E-state index >= 15 is 0 Å². The number of nitrogens with one attached hydrogen (secondary N) is 1. The molecule has 25 heavy (non-hydrogen) atoms. The van der Waals surface area contributed by atoms with Gasteiger partial charge in [0.1, 0.15) is 5.75 Å². The highest BCUT2D eigenvalue weighted by Gasteiger charge is 2.20. The molecule has 3 rings (SSSR count). The maximum absolute atomic E-state index is 12.2. The van der Waals surface area contributed by atoms with Gasteiger partial charge < -0.3 is 10.1 Å². The summed E-state index contributed by atoms with van der Waals surface area (Å²) >= 11 is 0. The summed E-state index contributed by atoms with van der Waals surface area (Å²) in [4.78, 5) is 12.2. The van der Waals surface area contributed by atoms with Crippen LogP contribution in [-0.2, 0) is 17.8 Å². The van der Waals surface area contributed by atoms with Crippen molar-refractivity contribution in [2.24, 2.45) is 0 Å². The van der Waals surface area contributed by atoms with Gasteiger partial charge in [-0.05, 0) is 47.9 Å². The third-order valence-corrected chi connectivity index (χ3v) is 4.52. The summed E-state index contributed by atoms with van der Waals surface area (Å²) in [5.41, 5.74) is 0.952. The molecule has 1 fully saturated rings. The molecule has 0 saturated heterocycles. The van der Waals surface area contributed by atoms with Crippen molar-refractivity contribution in [1.29, 1.82) is 0 Å². The second-order valence-corrected chi connectivity index (χ2v) is 6.36. The van der Waals surface area contributed by atoms with Crippen molar-refractivity contribution < 1.29 is 9.53 Å². The topological polar surface area (TPSA) is 81.9 Å². The SMILES string of the molecule is CCOc1ccc(CC(=O)NCc2nnnn2C2CCCCC2)cc1. The minimum Gasteiger partial charge on any atom is -0.494 e. The lowest BCUT2D eigenvalue weighted by atomic mass is 9.95. The number of carbonyl (C=O) groups excluding carboxylic acids is 1. The molecule has 1 aliphatic carbocycles. The number of rotatable bonds is 7. The van der Waals surface area contributed by atoms with E-state index in [4.69, 9.17) is 4.74 Å². The molecule has 7 nitrogen and oxygen atoms in total. The summed E-state index contributed by atoms with van der Waals surface area (Å²) in [6, 6.07) is 7.96. The number of nitrogens with zero attached hydrogens (tertiary/aromatic N) is 4. The van der Waals surface area contributed by atoms with Crippen LogP contribution in [0, 0.1) is 0 Å². The maximum atomic E-state index is 12.2. The van der Waals surface area contributed by atoms with Gasteiger partial charge in [0.2, 0.25) is 5.91 Å². The van der Waals surface area contributed by atoms with Gasteiger partial charge in [-0.25, -0.2) is 4.68 Å². The molecule has 0 unspecified atom stereocenters. The van der Waals surface area contributed by atoms with Crippen molar-refractivity contribution in [3.05, 3.63) is 35.7 Å². The molecule has 1 saturated carbocycles. The molecule has 0 atom stereocenters. The molecule has 7 heteroatoms. The normalized spacial score (nSPS) is 15.1. The lowest BCUT2D eigenvalue weighted by molar-refractivity contribution is -0.120. The average Bonchev–Trinajstić information content (AvgIpc) is 3.11. The first-order chi connectivity index (χ1) is 12.3. The second-order valence-electron chi connectivity index (χ2n) is 6.36. The van der Waals surface area contributed by atoms with Crippen LogP contribution < -0.4 is 10.1 Å². The molecule has 0 spiro atoms. The number of amides is 1. The molecule has 0 aliphatic heterocycles. The molecular weight excluding hydrogens is 318 g/mol. The fourth-order valence-electron chi connectivity index (χ4n) is 3.23. The minimum atomic E-state index is -0.0395. The number of aromatic nitrogens is 4. The van der Waals surface area contributed by atoms with Crippen LogP contribution in [0.5, 0.6) is 5.75 Å². The fourth-order valence-corrected chi connectivity index (χ4v) is 3.23. The number of ether oxygens (including phenoxy) is 1.